The van der Waals surface area contributed by atoms with Crippen LogP contribution in [0, 0.1) is 5.82 Å². The minimum atomic E-state index is -0.588. The van der Waals surface area contributed by atoms with Gasteiger partial charge < -0.3 is 14.4 Å². The number of nitrogens with one attached hydrogen (secondary N) is 1. The number of halogens is 2. The molecule has 3 heterocycles. The van der Waals surface area contributed by atoms with Gasteiger partial charge in [-0.2, -0.15) is 0 Å². The molecule has 2 aromatic heterocycles. The van der Waals surface area contributed by atoms with E-state index in [9.17, 15) is 14.4 Å². The SMILES string of the molecule is CCCc1nnc(NC(=O)c2cn(C3CC3)c3cc(N4CCN(C(=O)c5cccc(Cl)c5)CC4)c(F)cc3c2=O)s1. The summed E-state index contributed by atoms with van der Waals surface area (Å²) in [5.74, 6) is -1.25. The number of benzene rings is 2. The molecule has 0 atom stereocenters. The lowest BCUT2D eigenvalue weighted by Crippen LogP contribution is -2.49. The molecule has 0 unspecified atom stereocenters. The van der Waals surface area contributed by atoms with Gasteiger partial charge in [0.2, 0.25) is 10.6 Å². The summed E-state index contributed by atoms with van der Waals surface area (Å²) in [6.45, 7) is 3.74. The van der Waals surface area contributed by atoms with E-state index in [0.29, 0.717) is 53.1 Å². The molecule has 4 aromatic rings. The molecule has 12 heteroatoms. The van der Waals surface area contributed by atoms with E-state index in [1.54, 1.807) is 41.4 Å². The smallest absolute Gasteiger partial charge is 0.262 e. The second kappa shape index (κ2) is 11.2. The van der Waals surface area contributed by atoms with Gasteiger partial charge in [0.05, 0.1) is 11.2 Å². The first-order valence-corrected chi connectivity index (χ1v) is 14.8. The molecule has 1 aliphatic carbocycles. The van der Waals surface area contributed by atoms with Crippen molar-refractivity contribution in [2.75, 3.05) is 36.4 Å². The molecule has 41 heavy (non-hydrogen) atoms. The van der Waals surface area contributed by atoms with E-state index in [-0.39, 0.29) is 22.9 Å². The Morgan fingerprint density at radius 3 is 2.61 bits per heavy atom. The van der Waals surface area contributed by atoms with E-state index in [0.717, 1.165) is 30.7 Å². The quantitative estimate of drug-likeness (QED) is 0.318. The number of rotatable bonds is 7. The number of nitrogens with zero attached hydrogens (tertiary/aromatic N) is 5. The van der Waals surface area contributed by atoms with Gasteiger partial charge in [-0.25, -0.2) is 4.39 Å². The van der Waals surface area contributed by atoms with Crippen LogP contribution in [0.5, 0.6) is 0 Å². The fraction of sp³-hybridized carbons (Fsp3) is 0.345. The summed E-state index contributed by atoms with van der Waals surface area (Å²) in [7, 11) is 0. The van der Waals surface area contributed by atoms with Crippen LogP contribution in [0.15, 0.2) is 47.4 Å². The number of fused-ring (bicyclic) bond motifs is 1. The van der Waals surface area contributed by atoms with Gasteiger partial charge in [0, 0.05) is 60.8 Å². The largest absolute Gasteiger partial charge is 0.366 e. The van der Waals surface area contributed by atoms with Crippen LogP contribution in [-0.2, 0) is 6.42 Å². The molecule has 2 fully saturated rings. The lowest BCUT2D eigenvalue weighted by Gasteiger charge is -2.36. The maximum Gasteiger partial charge on any atom is 0.262 e. The Morgan fingerprint density at radius 2 is 1.90 bits per heavy atom. The predicted molar refractivity (Wildman–Crippen MR) is 158 cm³/mol. The van der Waals surface area contributed by atoms with E-state index in [2.05, 4.69) is 15.5 Å². The van der Waals surface area contributed by atoms with Gasteiger partial charge in [0.25, 0.3) is 11.8 Å². The van der Waals surface area contributed by atoms with Gasteiger partial charge in [-0.3, -0.25) is 19.7 Å². The van der Waals surface area contributed by atoms with Gasteiger partial charge in [-0.15, -0.1) is 10.2 Å². The molecule has 0 radical (unpaired) electrons. The number of aromatic nitrogens is 3. The van der Waals surface area contributed by atoms with Gasteiger partial charge in [-0.1, -0.05) is 35.9 Å². The van der Waals surface area contributed by atoms with Crippen LogP contribution in [0.3, 0.4) is 0 Å². The highest BCUT2D eigenvalue weighted by atomic mass is 35.5. The zero-order chi connectivity index (χ0) is 28.7. The highest BCUT2D eigenvalue weighted by molar-refractivity contribution is 7.15. The van der Waals surface area contributed by atoms with Crippen molar-refractivity contribution in [1.82, 2.24) is 19.7 Å². The Morgan fingerprint density at radius 1 is 1.12 bits per heavy atom. The van der Waals surface area contributed by atoms with Crippen molar-refractivity contribution in [3.05, 3.63) is 79.8 Å². The minimum absolute atomic E-state index is 0.0584. The van der Waals surface area contributed by atoms with Crippen LogP contribution in [0.25, 0.3) is 10.9 Å². The number of carbonyl (C=O) groups excluding carboxylic acids is 2. The molecule has 9 nitrogen and oxygen atoms in total. The monoisotopic (exact) mass is 594 g/mol. The van der Waals surface area contributed by atoms with Gasteiger partial charge in [-0.05, 0) is 49.6 Å². The second-order valence-electron chi connectivity index (χ2n) is 10.3. The van der Waals surface area contributed by atoms with E-state index in [4.69, 9.17) is 11.6 Å². The summed E-state index contributed by atoms with van der Waals surface area (Å²) in [6, 6.07) is 9.89. The van der Waals surface area contributed by atoms with Crippen LogP contribution >= 0.6 is 22.9 Å². The molecule has 0 spiro atoms. The minimum Gasteiger partial charge on any atom is -0.366 e. The zero-order valence-corrected chi connectivity index (χ0v) is 24.0. The van der Waals surface area contributed by atoms with Crippen LogP contribution in [0.2, 0.25) is 5.02 Å². The fourth-order valence-corrected chi connectivity index (χ4v) is 6.18. The first-order chi connectivity index (χ1) is 19.8. The van der Waals surface area contributed by atoms with Crippen LogP contribution in [-0.4, -0.2) is 57.7 Å². The van der Waals surface area contributed by atoms with Gasteiger partial charge >= 0.3 is 0 Å². The Kier molecular flexibility index (Phi) is 7.48. The summed E-state index contributed by atoms with van der Waals surface area (Å²) in [4.78, 5) is 43.1. The van der Waals surface area contributed by atoms with E-state index >= 15 is 4.39 Å². The van der Waals surface area contributed by atoms with Crippen LogP contribution < -0.4 is 15.6 Å². The van der Waals surface area contributed by atoms with Crippen molar-refractivity contribution in [3.8, 4) is 0 Å². The number of carbonyl (C=O) groups is 2. The van der Waals surface area contributed by atoms with E-state index in [1.807, 2.05) is 16.4 Å². The van der Waals surface area contributed by atoms with E-state index < -0.39 is 17.2 Å². The molecule has 2 aromatic carbocycles. The van der Waals surface area contributed by atoms with Crippen LogP contribution in [0.1, 0.15) is 58.0 Å². The topological polar surface area (TPSA) is 100 Å². The number of aryl methyl sites for hydroxylation is 1. The molecular formula is C29H28ClFN6O3S. The fourth-order valence-electron chi connectivity index (χ4n) is 5.16. The first-order valence-electron chi connectivity index (χ1n) is 13.6. The van der Waals surface area contributed by atoms with Crippen molar-refractivity contribution in [3.63, 3.8) is 0 Å². The molecule has 0 bridgehead atoms. The Labute approximate surface area is 244 Å². The van der Waals surface area contributed by atoms with Crippen molar-refractivity contribution in [2.45, 2.75) is 38.6 Å². The maximum absolute atomic E-state index is 15.6. The Bertz CT molecular complexity index is 1710. The van der Waals surface area contributed by atoms with E-state index in [1.165, 1.54) is 17.4 Å². The third-order valence-electron chi connectivity index (χ3n) is 7.42. The Balaban J connectivity index is 1.26. The third kappa shape index (κ3) is 5.56. The third-order valence-corrected chi connectivity index (χ3v) is 8.55. The lowest BCUT2D eigenvalue weighted by atomic mass is 10.1. The number of pyridine rings is 1. The highest BCUT2D eigenvalue weighted by Gasteiger charge is 2.29. The average Bonchev–Trinajstić information content (AvgIpc) is 3.72. The predicted octanol–water partition coefficient (Wildman–Crippen LogP) is 5.15. The normalized spacial score (nSPS) is 15.4. The molecule has 6 rings (SSSR count). The lowest BCUT2D eigenvalue weighted by molar-refractivity contribution is 0.0746. The van der Waals surface area contributed by atoms with Crippen molar-refractivity contribution in [2.24, 2.45) is 0 Å². The number of hydrogen-bond donors (Lipinski definition) is 1. The molecule has 1 N–H and O–H groups in total. The van der Waals surface area contributed by atoms with Crippen molar-refractivity contribution >= 4 is 56.5 Å². The maximum atomic E-state index is 15.6. The molecule has 2 aliphatic rings. The van der Waals surface area contributed by atoms with Gasteiger partial charge in [0.15, 0.2) is 0 Å². The summed E-state index contributed by atoms with van der Waals surface area (Å²) in [6.07, 6.45) is 5.06. The molecular weight excluding hydrogens is 567 g/mol. The molecule has 1 aliphatic heterocycles. The summed E-state index contributed by atoms with van der Waals surface area (Å²) in [5, 5.41) is 12.5. The first kappa shape index (κ1) is 27.3. The van der Waals surface area contributed by atoms with Crippen molar-refractivity contribution < 1.29 is 14.0 Å². The number of anilines is 2. The van der Waals surface area contributed by atoms with Crippen LogP contribution in [0.4, 0.5) is 15.2 Å². The number of piperazine rings is 1. The molecule has 2 amide bonds. The summed E-state index contributed by atoms with van der Waals surface area (Å²) >= 11 is 7.32. The average molecular weight is 595 g/mol. The second-order valence-corrected chi connectivity index (χ2v) is 11.8. The Hall–Kier alpha value is -3.83. The highest BCUT2D eigenvalue weighted by Crippen LogP contribution is 2.38. The molecule has 212 valence electrons. The van der Waals surface area contributed by atoms with Crippen molar-refractivity contribution in [1.29, 1.82) is 0 Å². The zero-order valence-electron chi connectivity index (χ0n) is 22.4. The standard InChI is InChI=1S/C29H28ClFN6O3S/c1-2-4-25-33-34-29(41-25)32-27(39)21-16-37(19-7-8-19)23-15-24(22(31)14-20(23)26(21)38)35-9-11-36(12-10-35)28(40)17-5-3-6-18(30)13-17/h3,5-6,13-16,19H,2,4,7-12H2,1H3,(H,32,34,39). The summed E-state index contributed by atoms with van der Waals surface area (Å²) < 4.78 is 17.5. The summed E-state index contributed by atoms with van der Waals surface area (Å²) in [5.41, 5.74) is 0.885. The number of amides is 2. The molecule has 1 saturated carbocycles. The number of hydrogen-bond acceptors (Lipinski definition) is 7. The molecule has 1 saturated heterocycles. The van der Waals surface area contributed by atoms with Gasteiger partial charge in [0.1, 0.15) is 16.4 Å².